The van der Waals surface area contributed by atoms with Crippen molar-refractivity contribution in [3.8, 4) is 0 Å². The molecule has 0 aromatic heterocycles. The second-order valence-corrected chi connectivity index (χ2v) is 6.54. The van der Waals surface area contributed by atoms with E-state index in [0.29, 0.717) is 11.4 Å². The molecule has 0 saturated heterocycles. The predicted molar refractivity (Wildman–Crippen MR) is 78.4 cm³/mol. The van der Waals surface area contributed by atoms with E-state index in [1.165, 1.54) is 24.3 Å². The monoisotopic (exact) mass is 294 g/mol. The van der Waals surface area contributed by atoms with Crippen molar-refractivity contribution in [2.24, 2.45) is 0 Å². The molecule has 2 rings (SSSR count). The summed E-state index contributed by atoms with van der Waals surface area (Å²) in [7, 11) is -1.51. The van der Waals surface area contributed by atoms with Crippen LogP contribution in [-0.2, 0) is 9.84 Å². The number of hydrogen-bond acceptors (Lipinski definition) is 4. The average molecular weight is 294 g/mol. The molecule has 0 fully saturated rings. The van der Waals surface area contributed by atoms with Crippen LogP contribution in [0, 0.1) is 5.82 Å². The summed E-state index contributed by atoms with van der Waals surface area (Å²) in [5, 5.41) is 0. The van der Waals surface area contributed by atoms with Gasteiger partial charge >= 0.3 is 0 Å². The number of halogens is 1. The first-order valence-electron chi connectivity index (χ1n) is 5.88. The molecule has 0 bridgehead atoms. The van der Waals surface area contributed by atoms with Gasteiger partial charge < -0.3 is 10.6 Å². The summed E-state index contributed by atoms with van der Waals surface area (Å²) in [6.07, 6.45) is 1.13. The van der Waals surface area contributed by atoms with E-state index in [2.05, 4.69) is 0 Å². The minimum absolute atomic E-state index is 0.172. The molecule has 20 heavy (non-hydrogen) atoms. The van der Waals surface area contributed by atoms with Crippen molar-refractivity contribution in [1.82, 2.24) is 0 Å². The van der Waals surface area contributed by atoms with Gasteiger partial charge in [0, 0.05) is 19.0 Å². The van der Waals surface area contributed by atoms with Crippen molar-refractivity contribution < 1.29 is 12.8 Å². The number of hydrogen-bond donors (Lipinski definition) is 1. The Labute approximate surface area is 117 Å². The Morgan fingerprint density at radius 2 is 1.70 bits per heavy atom. The maximum atomic E-state index is 12.9. The fourth-order valence-corrected chi connectivity index (χ4v) is 2.53. The maximum absolute atomic E-state index is 12.9. The van der Waals surface area contributed by atoms with E-state index in [9.17, 15) is 12.8 Å². The van der Waals surface area contributed by atoms with E-state index in [-0.39, 0.29) is 10.7 Å². The van der Waals surface area contributed by atoms with Crippen molar-refractivity contribution in [2.75, 3.05) is 23.9 Å². The van der Waals surface area contributed by atoms with Crippen molar-refractivity contribution in [1.29, 1.82) is 0 Å². The molecule has 0 amide bonds. The van der Waals surface area contributed by atoms with Crippen LogP contribution in [0.3, 0.4) is 0 Å². The summed E-state index contributed by atoms with van der Waals surface area (Å²) >= 11 is 0. The highest BCUT2D eigenvalue weighted by Gasteiger charge is 2.12. The lowest BCUT2D eigenvalue weighted by Gasteiger charge is -2.21. The number of nitrogens with zero attached hydrogens (tertiary/aromatic N) is 1. The molecule has 6 heteroatoms. The van der Waals surface area contributed by atoms with Crippen LogP contribution in [0.4, 0.5) is 21.5 Å². The lowest BCUT2D eigenvalue weighted by Crippen LogP contribution is -2.12. The molecule has 0 radical (unpaired) electrons. The first-order chi connectivity index (χ1) is 9.29. The van der Waals surface area contributed by atoms with Crippen LogP contribution in [0.15, 0.2) is 47.4 Å². The molecule has 106 valence electrons. The van der Waals surface area contributed by atoms with E-state index in [0.717, 1.165) is 11.9 Å². The predicted octanol–water partition coefficient (Wildman–Crippen LogP) is 2.58. The third-order valence-electron chi connectivity index (χ3n) is 3.00. The molecule has 0 saturated carbocycles. The molecular weight excluding hydrogens is 279 g/mol. The standard InChI is InChI=1S/C14H15FN2O2S/c1-17(11-5-3-10(15)4-6-11)14-8-7-12(9-13(14)16)20(2,18)19/h3-9H,16H2,1-2H3. The first-order valence-corrected chi connectivity index (χ1v) is 7.77. The van der Waals surface area contributed by atoms with Crippen LogP contribution in [-0.4, -0.2) is 21.7 Å². The highest BCUT2D eigenvalue weighted by Crippen LogP contribution is 2.30. The summed E-state index contributed by atoms with van der Waals surface area (Å²) < 4.78 is 35.8. The van der Waals surface area contributed by atoms with E-state index >= 15 is 0 Å². The van der Waals surface area contributed by atoms with E-state index in [1.54, 1.807) is 30.1 Å². The molecule has 0 aliphatic rings. The van der Waals surface area contributed by atoms with Gasteiger partial charge in [-0.05, 0) is 42.5 Å². The Bertz CT molecular complexity index is 727. The smallest absolute Gasteiger partial charge is 0.175 e. The molecule has 0 heterocycles. The number of sulfone groups is 1. The average Bonchev–Trinajstić information content (AvgIpc) is 2.37. The van der Waals surface area contributed by atoms with Crippen LogP contribution < -0.4 is 10.6 Å². The van der Waals surface area contributed by atoms with Gasteiger partial charge in [0.05, 0.1) is 16.3 Å². The lowest BCUT2D eigenvalue weighted by atomic mass is 10.2. The maximum Gasteiger partial charge on any atom is 0.175 e. The number of nitrogens with two attached hydrogens (primary N) is 1. The third kappa shape index (κ3) is 2.91. The molecule has 2 aromatic rings. The Hall–Kier alpha value is -2.08. The topological polar surface area (TPSA) is 63.4 Å². The Kier molecular flexibility index (Phi) is 3.67. The number of benzene rings is 2. The Balaban J connectivity index is 2.41. The SMILES string of the molecule is CN(c1ccc(F)cc1)c1ccc(S(C)(=O)=O)cc1N. The molecule has 0 atom stereocenters. The molecule has 0 spiro atoms. The van der Waals surface area contributed by atoms with Crippen molar-refractivity contribution in [3.63, 3.8) is 0 Å². The fourth-order valence-electron chi connectivity index (χ4n) is 1.87. The van der Waals surface area contributed by atoms with Gasteiger partial charge in [-0.3, -0.25) is 0 Å². The molecule has 0 aliphatic heterocycles. The van der Waals surface area contributed by atoms with Crippen LogP contribution in [0.5, 0.6) is 0 Å². The molecular formula is C14H15FN2O2S. The second-order valence-electron chi connectivity index (χ2n) is 4.53. The van der Waals surface area contributed by atoms with Gasteiger partial charge in [0.15, 0.2) is 9.84 Å². The zero-order valence-electron chi connectivity index (χ0n) is 11.2. The minimum Gasteiger partial charge on any atom is -0.397 e. The van der Waals surface area contributed by atoms with Gasteiger partial charge in [-0.2, -0.15) is 0 Å². The molecule has 2 aromatic carbocycles. The molecule has 0 aliphatic carbocycles. The summed E-state index contributed by atoms with van der Waals surface area (Å²) in [6.45, 7) is 0. The van der Waals surface area contributed by atoms with Crippen LogP contribution in [0.25, 0.3) is 0 Å². The molecule has 0 unspecified atom stereocenters. The zero-order valence-corrected chi connectivity index (χ0v) is 12.0. The lowest BCUT2D eigenvalue weighted by molar-refractivity contribution is 0.602. The van der Waals surface area contributed by atoms with Crippen LogP contribution in [0.1, 0.15) is 0 Å². The van der Waals surface area contributed by atoms with Gasteiger partial charge in [-0.1, -0.05) is 0 Å². The minimum atomic E-state index is -3.29. The van der Waals surface area contributed by atoms with Gasteiger partial charge in [0.2, 0.25) is 0 Å². The summed E-state index contributed by atoms with van der Waals surface area (Å²) in [5.41, 5.74) is 7.66. The summed E-state index contributed by atoms with van der Waals surface area (Å²) in [4.78, 5) is 1.94. The number of rotatable bonds is 3. The van der Waals surface area contributed by atoms with Crippen LogP contribution in [0.2, 0.25) is 0 Å². The van der Waals surface area contributed by atoms with Crippen LogP contribution >= 0.6 is 0 Å². The van der Waals surface area contributed by atoms with E-state index < -0.39 is 9.84 Å². The molecule has 4 nitrogen and oxygen atoms in total. The number of nitrogen functional groups attached to an aromatic ring is 1. The quantitative estimate of drug-likeness (QED) is 0.884. The third-order valence-corrected chi connectivity index (χ3v) is 4.11. The second kappa shape index (κ2) is 5.13. The van der Waals surface area contributed by atoms with Crippen molar-refractivity contribution >= 4 is 26.9 Å². The number of anilines is 3. The molecule has 2 N–H and O–H groups in total. The van der Waals surface area contributed by atoms with Gasteiger partial charge in [-0.15, -0.1) is 0 Å². The largest absolute Gasteiger partial charge is 0.397 e. The Morgan fingerprint density at radius 3 is 2.20 bits per heavy atom. The highest BCUT2D eigenvalue weighted by atomic mass is 32.2. The van der Waals surface area contributed by atoms with Crippen molar-refractivity contribution in [2.45, 2.75) is 4.90 Å². The normalized spacial score (nSPS) is 11.3. The van der Waals surface area contributed by atoms with Gasteiger partial charge in [0.1, 0.15) is 5.82 Å². The highest BCUT2D eigenvalue weighted by molar-refractivity contribution is 7.90. The van der Waals surface area contributed by atoms with Gasteiger partial charge in [-0.25, -0.2) is 12.8 Å². The first kappa shape index (κ1) is 14.3. The summed E-state index contributed by atoms with van der Waals surface area (Å²) in [6, 6.07) is 10.5. The fraction of sp³-hybridized carbons (Fsp3) is 0.143. The van der Waals surface area contributed by atoms with Crippen molar-refractivity contribution in [3.05, 3.63) is 48.3 Å². The zero-order chi connectivity index (χ0) is 14.9. The van der Waals surface area contributed by atoms with E-state index in [1.807, 2.05) is 0 Å². The van der Waals surface area contributed by atoms with Gasteiger partial charge in [0.25, 0.3) is 0 Å². The van der Waals surface area contributed by atoms with E-state index in [4.69, 9.17) is 5.73 Å². The Morgan fingerprint density at radius 1 is 1.10 bits per heavy atom. The summed E-state index contributed by atoms with van der Waals surface area (Å²) in [5.74, 6) is -0.317.